The van der Waals surface area contributed by atoms with Gasteiger partial charge in [-0.1, -0.05) is 41.9 Å². The van der Waals surface area contributed by atoms with Gasteiger partial charge in [0.15, 0.2) is 0 Å². The summed E-state index contributed by atoms with van der Waals surface area (Å²) in [6.07, 6.45) is 3.46. The monoisotopic (exact) mass is 448 g/mol. The van der Waals surface area contributed by atoms with Crippen molar-refractivity contribution in [3.63, 3.8) is 0 Å². The molecule has 3 aromatic rings. The van der Waals surface area contributed by atoms with Gasteiger partial charge in [-0.05, 0) is 67.8 Å². The lowest BCUT2D eigenvalue weighted by Crippen LogP contribution is -2.39. The van der Waals surface area contributed by atoms with E-state index in [4.69, 9.17) is 21.1 Å². The number of fused-ring (bicyclic) bond motifs is 2. The molecular formula is C27H29ClN2O2. The van der Waals surface area contributed by atoms with Crippen LogP contribution in [-0.4, -0.2) is 37.7 Å². The van der Waals surface area contributed by atoms with Gasteiger partial charge in [0.2, 0.25) is 0 Å². The molecule has 0 aliphatic carbocycles. The molecule has 1 unspecified atom stereocenters. The highest BCUT2D eigenvalue weighted by Crippen LogP contribution is 2.41. The molecule has 2 aliphatic rings. The van der Waals surface area contributed by atoms with E-state index in [1.54, 1.807) is 7.11 Å². The third-order valence-electron chi connectivity index (χ3n) is 6.59. The molecule has 1 atom stereocenters. The predicted molar refractivity (Wildman–Crippen MR) is 131 cm³/mol. The lowest BCUT2D eigenvalue weighted by atomic mass is 10.1. The average molecular weight is 449 g/mol. The summed E-state index contributed by atoms with van der Waals surface area (Å²) in [5.41, 5.74) is 4.77. The lowest BCUT2D eigenvalue weighted by molar-refractivity contribution is 0.261. The Hall–Kier alpha value is -2.69. The average Bonchev–Trinajstić information content (AvgIpc) is 3.21. The molecule has 5 heteroatoms. The molecule has 0 spiro atoms. The molecule has 1 fully saturated rings. The smallest absolute Gasteiger partial charge is 0.143 e. The number of rotatable bonds is 6. The minimum Gasteiger partial charge on any atom is -0.497 e. The molecule has 0 aromatic heterocycles. The zero-order chi connectivity index (χ0) is 21.9. The minimum atomic E-state index is 0.485. The van der Waals surface area contributed by atoms with Gasteiger partial charge >= 0.3 is 0 Å². The van der Waals surface area contributed by atoms with Gasteiger partial charge in [-0.25, -0.2) is 0 Å². The summed E-state index contributed by atoms with van der Waals surface area (Å²) in [5, 5.41) is 0.759. The van der Waals surface area contributed by atoms with Crippen LogP contribution in [0.5, 0.6) is 11.5 Å². The second-order valence-electron chi connectivity index (χ2n) is 8.57. The van der Waals surface area contributed by atoms with Crippen molar-refractivity contribution >= 4 is 23.0 Å². The fourth-order valence-corrected chi connectivity index (χ4v) is 5.07. The van der Waals surface area contributed by atoms with Crippen LogP contribution in [0.2, 0.25) is 5.02 Å². The maximum absolute atomic E-state index is 6.42. The Kier molecular flexibility index (Phi) is 6.24. The Balaban J connectivity index is 1.38. The van der Waals surface area contributed by atoms with Gasteiger partial charge in [-0.2, -0.15) is 0 Å². The number of anilines is 2. The Bertz CT molecular complexity index is 1090. The maximum Gasteiger partial charge on any atom is 0.143 e. The number of ether oxygens (including phenoxy) is 2. The van der Waals surface area contributed by atoms with Crippen molar-refractivity contribution in [1.29, 1.82) is 0 Å². The molecule has 4 nitrogen and oxygen atoms in total. The van der Waals surface area contributed by atoms with E-state index in [-0.39, 0.29) is 0 Å². The Morgan fingerprint density at radius 1 is 1.03 bits per heavy atom. The van der Waals surface area contributed by atoms with Crippen molar-refractivity contribution in [2.24, 2.45) is 0 Å². The molecule has 5 rings (SSSR count). The van der Waals surface area contributed by atoms with Crippen LogP contribution in [0.1, 0.15) is 24.0 Å². The first-order chi connectivity index (χ1) is 15.7. The van der Waals surface area contributed by atoms with Crippen molar-refractivity contribution in [1.82, 2.24) is 4.90 Å². The van der Waals surface area contributed by atoms with Gasteiger partial charge in [0.05, 0.1) is 12.8 Å². The molecule has 2 heterocycles. The second kappa shape index (κ2) is 9.43. The molecular weight excluding hydrogens is 420 g/mol. The molecule has 0 saturated carbocycles. The van der Waals surface area contributed by atoms with Crippen LogP contribution in [0, 0.1) is 0 Å². The number of methoxy groups -OCH3 is 1. The fourth-order valence-electron chi connectivity index (χ4n) is 4.90. The minimum absolute atomic E-state index is 0.485. The van der Waals surface area contributed by atoms with E-state index in [0.29, 0.717) is 12.6 Å². The van der Waals surface area contributed by atoms with Crippen molar-refractivity contribution in [2.45, 2.75) is 31.9 Å². The fraction of sp³-hybridized carbons (Fsp3) is 0.333. The summed E-state index contributed by atoms with van der Waals surface area (Å²) in [6.45, 7) is 3.67. The summed E-state index contributed by atoms with van der Waals surface area (Å²) < 4.78 is 11.5. The summed E-state index contributed by atoms with van der Waals surface area (Å²) in [7, 11) is 1.72. The van der Waals surface area contributed by atoms with Crippen LogP contribution >= 0.6 is 11.6 Å². The lowest BCUT2D eigenvalue weighted by Gasteiger charge is -2.33. The number of benzene rings is 3. The number of hydrogen-bond donors (Lipinski definition) is 0. The van der Waals surface area contributed by atoms with Crippen LogP contribution in [0.15, 0.2) is 66.7 Å². The van der Waals surface area contributed by atoms with Crippen LogP contribution in [0.25, 0.3) is 0 Å². The van der Waals surface area contributed by atoms with E-state index in [1.165, 1.54) is 24.0 Å². The molecule has 3 aromatic carbocycles. The van der Waals surface area contributed by atoms with Crippen LogP contribution in [-0.2, 0) is 13.0 Å². The van der Waals surface area contributed by atoms with Gasteiger partial charge < -0.3 is 14.4 Å². The molecule has 0 amide bonds. The van der Waals surface area contributed by atoms with E-state index in [1.807, 2.05) is 18.2 Å². The third-order valence-corrected chi connectivity index (χ3v) is 6.83. The van der Waals surface area contributed by atoms with Crippen LogP contribution < -0.4 is 14.4 Å². The largest absolute Gasteiger partial charge is 0.497 e. The van der Waals surface area contributed by atoms with Crippen LogP contribution in [0.4, 0.5) is 11.4 Å². The Labute approximate surface area is 195 Å². The van der Waals surface area contributed by atoms with E-state index in [2.05, 4.69) is 58.3 Å². The van der Waals surface area contributed by atoms with E-state index in [0.717, 1.165) is 54.0 Å². The quantitative estimate of drug-likeness (QED) is 0.455. The summed E-state index contributed by atoms with van der Waals surface area (Å²) in [6, 6.07) is 23.4. The van der Waals surface area contributed by atoms with Crippen molar-refractivity contribution in [3.8, 4) is 11.5 Å². The summed E-state index contributed by atoms with van der Waals surface area (Å²) >= 11 is 6.42. The van der Waals surface area contributed by atoms with Gasteiger partial charge in [0, 0.05) is 35.4 Å². The number of para-hydroxylation sites is 2. The number of likely N-dealkylation sites (tertiary alicyclic amines) is 1. The highest BCUT2D eigenvalue weighted by atomic mass is 35.5. The number of nitrogens with zero attached hydrogens (tertiary/aromatic N) is 2. The Morgan fingerprint density at radius 3 is 2.84 bits per heavy atom. The second-order valence-corrected chi connectivity index (χ2v) is 9.01. The predicted octanol–water partition coefficient (Wildman–Crippen LogP) is 6.09. The highest BCUT2D eigenvalue weighted by Gasteiger charge is 2.30. The standard InChI is InChI=1S/C27H29ClN2O2/c1-31-24-8-4-6-20(16-24)13-15-29-14-5-7-23(29)18-30-25-9-2-3-10-27(25)32-19-21-11-12-22(28)17-26(21)30/h2-4,6,8-12,16-17,23H,5,7,13-15,18-19H2,1H3. The van der Waals surface area contributed by atoms with E-state index in [9.17, 15) is 0 Å². The van der Waals surface area contributed by atoms with Gasteiger partial charge in [0.25, 0.3) is 0 Å². The summed E-state index contributed by atoms with van der Waals surface area (Å²) in [4.78, 5) is 5.05. The number of halogens is 1. The first-order valence-electron chi connectivity index (χ1n) is 11.4. The number of hydrogen-bond acceptors (Lipinski definition) is 4. The molecule has 0 radical (unpaired) electrons. The molecule has 1 saturated heterocycles. The van der Waals surface area contributed by atoms with Crippen LogP contribution in [0.3, 0.4) is 0 Å². The Morgan fingerprint density at radius 2 is 1.94 bits per heavy atom. The SMILES string of the molecule is COc1cccc(CCN2CCCC2CN2c3cc(Cl)ccc3COc3ccccc32)c1. The maximum atomic E-state index is 6.42. The highest BCUT2D eigenvalue weighted by molar-refractivity contribution is 6.30. The third kappa shape index (κ3) is 4.43. The van der Waals surface area contributed by atoms with Crippen molar-refractivity contribution in [3.05, 3.63) is 82.9 Å². The normalized spacial score (nSPS) is 17.9. The van der Waals surface area contributed by atoms with Gasteiger partial charge in [-0.15, -0.1) is 0 Å². The molecule has 0 N–H and O–H groups in total. The zero-order valence-electron chi connectivity index (χ0n) is 18.5. The van der Waals surface area contributed by atoms with Gasteiger partial charge in [0.1, 0.15) is 18.1 Å². The topological polar surface area (TPSA) is 24.9 Å². The molecule has 2 aliphatic heterocycles. The molecule has 0 bridgehead atoms. The zero-order valence-corrected chi connectivity index (χ0v) is 19.2. The molecule has 166 valence electrons. The van der Waals surface area contributed by atoms with E-state index >= 15 is 0 Å². The van der Waals surface area contributed by atoms with E-state index < -0.39 is 0 Å². The first-order valence-corrected chi connectivity index (χ1v) is 11.7. The molecule has 32 heavy (non-hydrogen) atoms. The van der Waals surface area contributed by atoms with Gasteiger partial charge in [-0.3, -0.25) is 4.90 Å². The van der Waals surface area contributed by atoms with Crippen molar-refractivity contribution < 1.29 is 9.47 Å². The van der Waals surface area contributed by atoms with Crippen molar-refractivity contribution in [2.75, 3.05) is 31.6 Å². The first kappa shape index (κ1) is 21.2. The summed E-state index contributed by atoms with van der Waals surface area (Å²) in [5.74, 6) is 1.86.